The van der Waals surface area contributed by atoms with Gasteiger partial charge in [-0.3, -0.25) is 4.79 Å². The summed E-state index contributed by atoms with van der Waals surface area (Å²) in [6.07, 6.45) is 1.86. The number of carbonyl (C=O) groups is 1. The first kappa shape index (κ1) is 15.3. The molecule has 1 amide bonds. The molecule has 106 valence electrons. The molecule has 0 radical (unpaired) electrons. The highest BCUT2D eigenvalue weighted by Gasteiger charge is 2.12. The van der Waals surface area contributed by atoms with E-state index in [1.807, 2.05) is 22.9 Å². The van der Waals surface area contributed by atoms with Crippen molar-refractivity contribution in [3.8, 4) is 0 Å². The third-order valence-corrected chi connectivity index (χ3v) is 3.91. The predicted octanol–water partition coefficient (Wildman–Crippen LogP) is 3.64. The maximum absolute atomic E-state index is 12.3. The van der Waals surface area contributed by atoms with E-state index in [-0.39, 0.29) is 5.91 Å². The smallest absolute Gasteiger partial charge is 0.272 e. The summed E-state index contributed by atoms with van der Waals surface area (Å²) in [7, 11) is 1.64. The Hall–Kier alpha value is -1.05. The number of aromatic nitrogens is 1. The summed E-state index contributed by atoms with van der Waals surface area (Å²) < 4.78 is 7.80. The van der Waals surface area contributed by atoms with Gasteiger partial charge in [-0.1, -0.05) is 11.6 Å². The standard InChI is InChI=1S/C14H14ClIN2O2/c1-20-8-7-18-6-2-3-13(18)14(19)17-12-5-4-10(15)9-11(12)16/h2-6,9H,7-8H2,1H3,(H,17,19). The normalized spacial score (nSPS) is 10.6. The van der Waals surface area contributed by atoms with Crippen LogP contribution in [-0.2, 0) is 11.3 Å². The highest BCUT2D eigenvalue weighted by atomic mass is 127. The second-order valence-corrected chi connectivity index (χ2v) is 5.76. The van der Waals surface area contributed by atoms with Crippen molar-refractivity contribution in [3.63, 3.8) is 0 Å². The summed E-state index contributed by atoms with van der Waals surface area (Å²) in [5.41, 5.74) is 1.35. The van der Waals surface area contributed by atoms with Crippen LogP contribution in [0.4, 0.5) is 5.69 Å². The van der Waals surface area contributed by atoms with Gasteiger partial charge in [0.15, 0.2) is 0 Å². The Morgan fingerprint density at radius 3 is 2.95 bits per heavy atom. The van der Waals surface area contributed by atoms with E-state index in [2.05, 4.69) is 27.9 Å². The summed E-state index contributed by atoms with van der Waals surface area (Å²) in [6.45, 7) is 1.21. The fourth-order valence-electron chi connectivity index (χ4n) is 1.78. The van der Waals surface area contributed by atoms with Crippen LogP contribution in [0.25, 0.3) is 0 Å². The van der Waals surface area contributed by atoms with Crippen LogP contribution in [0.2, 0.25) is 5.02 Å². The summed E-state index contributed by atoms with van der Waals surface area (Å²) in [4.78, 5) is 12.3. The number of carbonyl (C=O) groups excluding carboxylic acids is 1. The molecule has 0 aliphatic heterocycles. The zero-order chi connectivity index (χ0) is 14.5. The van der Waals surface area contributed by atoms with Crippen molar-refractivity contribution in [1.29, 1.82) is 0 Å². The number of rotatable bonds is 5. The van der Waals surface area contributed by atoms with E-state index in [1.165, 1.54) is 0 Å². The molecule has 0 saturated heterocycles. The van der Waals surface area contributed by atoms with Gasteiger partial charge in [0.2, 0.25) is 0 Å². The fraction of sp³-hybridized carbons (Fsp3) is 0.214. The Morgan fingerprint density at radius 1 is 1.45 bits per heavy atom. The topological polar surface area (TPSA) is 43.3 Å². The van der Waals surface area contributed by atoms with Crippen LogP contribution >= 0.6 is 34.2 Å². The molecule has 0 saturated carbocycles. The highest BCUT2D eigenvalue weighted by Crippen LogP contribution is 2.22. The van der Waals surface area contributed by atoms with E-state index in [0.717, 1.165) is 9.26 Å². The molecule has 0 fully saturated rings. The van der Waals surface area contributed by atoms with Crippen LogP contribution in [0.5, 0.6) is 0 Å². The van der Waals surface area contributed by atoms with Crippen LogP contribution in [0, 0.1) is 3.57 Å². The zero-order valence-electron chi connectivity index (χ0n) is 10.9. The van der Waals surface area contributed by atoms with Crippen molar-refractivity contribution < 1.29 is 9.53 Å². The minimum Gasteiger partial charge on any atom is -0.383 e. The van der Waals surface area contributed by atoms with Gasteiger partial charge in [0, 0.05) is 28.4 Å². The molecule has 0 spiro atoms. The van der Waals surface area contributed by atoms with Gasteiger partial charge >= 0.3 is 0 Å². The number of benzene rings is 1. The largest absolute Gasteiger partial charge is 0.383 e. The van der Waals surface area contributed by atoms with Crippen LogP contribution in [0.15, 0.2) is 36.5 Å². The third-order valence-electron chi connectivity index (χ3n) is 2.78. The number of halogens is 2. The lowest BCUT2D eigenvalue weighted by Gasteiger charge is -2.10. The van der Waals surface area contributed by atoms with Crippen LogP contribution < -0.4 is 5.32 Å². The summed E-state index contributed by atoms with van der Waals surface area (Å²) in [5, 5.41) is 3.54. The summed E-state index contributed by atoms with van der Waals surface area (Å²) >= 11 is 8.04. The maximum atomic E-state index is 12.3. The third kappa shape index (κ3) is 3.74. The number of methoxy groups -OCH3 is 1. The second kappa shape index (κ2) is 7.10. The van der Waals surface area contributed by atoms with Crippen molar-refractivity contribution >= 4 is 45.8 Å². The minimum absolute atomic E-state index is 0.147. The van der Waals surface area contributed by atoms with Gasteiger partial charge < -0.3 is 14.6 Å². The van der Waals surface area contributed by atoms with Crippen molar-refractivity contribution in [1.82, 2.24) is 4.57 Å². The molecular formula is C14H14ClIN2O2. The molecular weight excluding hydrogens is 391 g/mol. The Labute approximate surface area is 136 Å². The zero-order valence-corrected chi connectivity index (χ0v) is 13.8. The first-order valence-corrected chi connectivity index (χ1v) is 7.48. The van der Waals surface area contributed by atoms with Crippen molar-refractivity contribution in [3.05, 3.63) is 50.8 Å². The molecule has 2 rings (SSSR count). The number of nitrogens with one attached hydrogen (secondary N) is 1. The maximum Gasteiger partial charge on any atom is 0.272 e. The van der Waals surface area contributed by atoms with Crippen LogP contribution in [0.1, 0.15) is 10.5 Å². The van der Waals surface area contributed by atoms with E-state index in [1.54, 1.807) is 25.3 Å². The molecule has 1 aromatic carbocycles. The molecule has 0 aliphatic rings. The van der Waals surface area contributed by atoms with E-state index in [9.17, 15) is 4.79 Å². The number of amides is 1. The molecule has 0 aliphatic carbocycles. The molecule has 1 heterocycles. The van der Waals surface area contributed by atoms with E-state index in [4.69, 9.17) is 16.3 Å². The summed E-state index contributed by atoms with van der Waals surface area (Å²) in [6, 6.07) is 8.99. The Kier molecular flexibility index (Phi) is 5.45. The van der Waals surface area contributed by atoms with Gasteiger partial charge in [-0.25, -0.2) is 0 Å². The molecule has 0 bridgehead atoms. The van der Waals surface area contributed by atoms with Crippen LogP contribution in [-0.4, -0.2) is 24.2 Å². The molecule has 1 aromatic heterocycles. The Morgan fingerprint density at radius 2 is 2.25 bits per heavy atom. The SMILES string of the molecule is COCCn1cccc1C(=O)Nc1ccc(Cl)cc1I. The summed E-state index contributed by atoms with van der Waals surface area (Å²) in [5.74, 6) is -0.147. The molecule has 2 aromatic rings. The lowest BCUT2D eigenvalue weighted by atomic mass is 10.3. The van der Waals surface area contributed by atoms with E-state index in [0.29, 0.717) is 23.9 Å². The van der Waals surface area contributed by atoms with E-state index < -0.39 is 0 Å². The quantitative estimate of drug-likeness (QED) is 0.773. The number of hydrogen-bond acceptors (Lipinski definition) is 2. The van der Waals surface area contributed by atoms with Crippen molar-refractivity contribution in [2.75, 3.05) is 19.0 Å². The van der Waals surface area contributed by atoms with Gasteiger partial charge in [0.25, 0.3) is 5.91 Å². The van der Waals surface area contributed by atoms with Gasteiger partial charge in [-0.15, -0.1) is 0 Å². The van der Waals surface area contributed by atoms with Gasteiger partial charge in [0.1, 0.15) is 5.69 Å². The van der Waals surface area contributed by atoms with Crippen LogP contribution in [0.3, 0.4) is 0 Å². The average molecular weight is 405 g/mol. The van der Waals surface area contributed by atoms with Crippen molar-refractivity contribution in [2.24, 2.45) is 0 Å². The average Bonchev–Trinajstić information content (AvgIpc) is 2.88. The molecule has 0 atom stereocenters. The lowest BCUT2D eigenvalue weighted by Crippen LogP contribution is -2.18. The predicted molar refractivity (Wildman–Crippen MR) is 88.4 cm³/mol. The molecule has 1 N–H and O–H groups in total. The Balaban J connectivity index is 2.14. The monoisotopic (exact) mass is 404 g/mol. The molecule has 0 unspecified atom stereocenters. The first-order chi connectivity index (χ1) is 9.61. The number of nitrogens with zero attached hydrogens (tertiary/aromatic N) is 1. The van der Waals surface area contributed by atoms with Gasteiger partial charge in [-0.05, 0) is 52.9 Å². The lowest BCUT2D eigenvalue weighted by molar-refractivity contribution is 0.101. The number of ether oxygens (including phenoxy) is 1. The first-order valence-electron chi connectivity index (χ1n) is 6.02. The Bertz CT molecular complexity index is 613. The highest BCUT2D eigenvalue weighted by molar-refractivity contribution is 14.1. The van der Waals surface area contributed by atoms with Crippen molar-refractivity contribution in [2.45, 2.75) is 6.54 Å². The van der Waals surface area contributed by atoms with Gasteiger partial charge in [0.05, 0.1) is 12.3 Å². The number of anilines is 1. The second-order valence-electron chi connectivity index (χ2n) is 4.16. The molecule has 20 heavy (non-hydrogen) atoms. The number of hydrogen-bond donors (Lipinski definition) is 1. The minimum atomic E-state index is -0.147. The van der Waals surface area contributed by atoms with E-state index >= 15 is 0 Å². The fourth-order valence-corrected chi connectivity index (χ4v) is 2.79. The molecule has 4 nitrogen and oxygen atoms in total. The van der Waals surface area contributed by atoms with Gasteiger partial charge in [-0.2, -0.15) is 0 Å². The molecule has 6 heteroatoms.